The highest BCUT2D eigenvalue weighted by molar-refractivity contribution is 5.91. The second kappa shape index (κ2) is 9.04. The Kier molecular flexibility index (Phi) is 6.39. The van der Waals surface area contributed by atoms with Crippen molar-refractivity contribution in [3.8, 4) is 5.75 Å². The molecule has 1 saturated carbocycles. The maximum atomic E-state index is 11.1. The van der Waals surface area contributed by atoms with Gasteiger partial charge < -0.3 is 10.2 Å². The van der Waals surface area contributed by atoms with E-state index in [9.17, 15) is 10.2 Å². The number of aryl methyl sites for hydroxylation is 1. The van der Waals surface area contributed by atoms with E-state index >= 15 is 0 Å². The first-order valence-corrected chi connectivity index (χ1v) is 11.9. The van der Waals surface area contributed by atoms with Gasteiger partial charge in [0.05, 0.1) is 6.10 Å². The zero-order valence-electron chi connectivity index (χ0n) is 19.0. The number of phenolic OH excluding ortho intramolecular Hbond substituents is 1. The van der Waals surface area contributed by atoms with E-state index in [2.05, 4.69) is 44.7 Å². The predicted octanol–water partition coefficient (Wildman–Crippen LogP) is 7.30. The first-order valence-electron chi connectivity index (χ1n) is 11.9. The number of aliphatic hydroxyl groups is 1. The summed E-state index contributed by atoms with van der Waals surface area (Å²) < 4.78 is 0. The topological polar surface area (TPSA) is 40.5 Å². The Morgan fingerprint density at radius 3 is 2.61 bits per heavy atom. The van der Waals surface area contributed by atoms with Crippen LogP contribution in [0.3, 0.4) is 0 Å². The van der Waals surface area contributed by atoms with E-state index in [-0.39, 0.29) is 17.4 Å². The summed E-state index contributed by atoms with van der Waals surface area (Å²) in [6, 6.07) is 16.2. The van der Waals surface area contributed by atoms with Crippen LogP contribution in [0.25, 0.3) is 11.1 Å². The van der Waals surface area contributed by atoms with Crippen LogP contribution in [0.1, 0.15) is 75.0 Å². The molecule has 1 unspecified atom stereocenters. The van der Waals surface area contributed by atoms with Crippen LogP contribution in [-0.2, 0) is 0 Å². The van der Waals surface area contributed by atoms with Crippen molar-refractivity contribution in [3.63, 3.8) is 0 Å². The van der Waals surface area contributed by atoms with Crippen molar-refractivity contribution in [2.45, 2.75) is 71.3 Å². The molecule has 2 N–H and O–H groups in total. The number of hydrogen-bond acceptors (Lipinski definition) is 2. The molecule has 0 aromatic heterocycles. The molecule has 2 aromatic rings. The van der Waals surface area contributed by atoms with Crippen LogP contribution in [0.5, 0.6) is 5.75 Å². The third-order valence-electron chi connectivity index (χ3n) is 7.68. The smallest absolute Gasteiger partial charge is 0.116 e. The lowest BCUT2D eigenvalue weighted by Crippen LogP contribution is -2.29. The lowest BCUT2D eigenvalue weighted by Gasteiger charge is -2.37. The van der Waals surface area contributed by atoms with Crippen LogP contribution in [0.4, 0.5) is 0 Å². The van der Waals surface area contributed by atoms with E-state index in [1.54, 1.807) is 6.07 Å². The quantitative estimate of drug-likeness (QED) is 0.443. The average Bonchev–Trinajstić information content (AvgIpc) is 3.28. The zero-order valence-corrected chi connectivity index (χ0v) is 19.0. The molecule has 0 amide bonds. The molecular weight excluding hydrogens is 380 g/mol. The Balaban J connectivity index is 1.86. The molecule has 0 saturated heterocycles. The van der Waals surface area contributed by atoms with Gasteiger partial charge in [0.25, 0.3) is 0 Å². The monoisotopic (exact) mass is 416 g/mol. The first-order chi connectivity index (χ1) is 15.0. The summed E-state index contributed by atoms with van der Waals surface area (Å²) in [5.41, 5.74) is 7.14. The summed E-state index contributed by atoms with van der Waals surface area (Å²) in [5.74, 6) is 0.471. The van der Waals surface area contributed by atoms with Gasteiger partial charge in [-0.3, -0.25) is 0 Å². The molecular formula is C29H36O2. The fourth-order valence-electron chi connectivity index (χ4n) is 6.12. The highest BCUT2D eigenvalue weighted by Gasteiger charge is 2.56. The average molecular weight is 417 g/mol. The van der Waals surface area contributed by atoms with Gasteiger partial charge >= 0.3 is 0 Å². The zero-order chi connectivity index (χ0) is 22.0. The number of aromatic hydroxyl groups is 1. The van der Waals surface area contributed by atoms with Crippen molar-refractivity contribution < 1.29 is 10.2 Å². The molecule has 0 heterocycles. The van der Waals surface area contributed by atoms with Gasteiger partial charge in [0.15, 0.2) is 0 Å². The molecule has 2 aliphatic rings. The van der Waals surface area contributed by atoms with Gasteiger partial charge in [-0.1, -0.05) is 74.7 Å². The number of rotatable bonds is 8. The molecule has 2 aromatic carbocycles. The Hall–Kier alpha value is -2.32. The van der Waals surface area contributed by atoms with Crippen molar-refractivity contribution in [1.82, 2.24) is 0 Å². The standard InChI is InChI=1S/C29H36O2/c1-4-5-6-8-13-23-18-26-27(31)16-17-29(26,21(3)22-11-9-7-10-12-22)28(23)25-19-24(30)15-14-20(25)2/h7,9-12,14-15,19,26-27,30-31H,3-6,8,13,16-18H2,1-2H3/t26?,27-,29+/m1/s1. The minimum absolute atomic E-state index is 0.165. The minimum Gasteiger partial charge on any atom is -0.508 e. The normalized spacial score (nSPS) is 25.1. The Labute approximate surface area is 187 Å². The maximum absolute atomic E-state index is 11.1. The Bertz CT molecular complexity index is 971. The fraction of sp³-hybridized carbons (Fsp3) is 0.448. The van der Waals surface area contributed by atoms with Gasteiger partial charge in [-0.15, -0.1) is 0 Å². The lowest BCUT2D eigenvalue weighted by molar-refractivity contribution is 0.120. The summed E-state index contributed by atoms with van der Waals surface area (Å²) in [6.07, 6.45) is 8.33. The molecule has 2 aliphatic carbocycles. The van der Waals surface area contributed by atoms with E-state index in [1.807, 2.05) is 18.2 Å². The maximum Gasteiger partial charge on any atom is 0.116 e. The number of hydrogen-bond donors (Lipinski definition) is 2. The van der Waals surface area contributed by atoms with Gasteiger partial charge in [0.2, 0.25) is 0 Å². The van der Waals surface area contributed by atoms with Crippen molar-refractivity contribution in [2.75, 3.05) is 0 Å². The summed E-state index contributed by atoms with van der Waals surface area (Å²) in [5, 5.41) is 21.4. The second-order valence-electron chi connectivity index (χ2n) is 9.52. The van der Waals surface area contributed by atoms with Crippen LogP contribution in [0, 0.1) is 18.3 Å². The number of allylic oxidation sites excluding steroid dienone is 3. The molecule has 0 bridgehead atoms. The van der Waals surface area contributed by atoms with Gasteiger partial charge in [0, 0.05) is 11.3 Å². The minimum atomic E-state index is -0.304. The van der Waals surface area contributed by atoms with E-state index in [1.165, 1.54) is 42.4 Å². The third-order valence-corrected chi connectivity index (χ3v) is 7.68. The molecule has 0 radical (unpaired) electrons. The van der Waals surface area contributed by atoms with Crippen molar-refractivity contribution in [2.24, 2.45) is 11.3 Å². The van der Waals surface area contributed by atoms with Crippen molar-refractivity contribution in [1.29, 1.82) is 0 Å². The highest BCUT2D eigenvalue weighted by atomic mass is 16.3. The number of unbranched alkanes of at least 4 members (excludes halogenated alkanes) is 3. The SMILES string of the molecule is C=C(c1ccccc1)[C@@]12CC[C@@H](O)C1CC(CCCCCC)=C2c1cc(O)ccc1C. The Morgan fingerprint density at radius 1 is 1.10 bits per heavy atom. The molecule has 0 aliphatic heterocycles. The molecule has 2 heteroatoms. The second-order valence-corrected chi connectivity index (χ2v) is 9.52. The Morgan fingerprint density at radius 2 is 1.87 bits per heavy atom. The van der Waals surface area contributed by atoms with Crippen LogP contribution < -0.4 is 0 Å². The number of aliphatic hydroxyl groups excluding tert-OH is 1. The van der Waals surface area contributed by atoms with Crippen LogP contribution in [-0.4, -0.2) is 16.3 Å². The predicted molar refractivity (Wildman–Crippen MR) is 130 cm³/mol. The van der Waals surface area contributed by atoms with Gasteiger partial charge in [0.1, 0.15) is 5.75 Å². The van der Waals surface area contributed by atoms with Crippen LogP contribution in [0.15, 0.2) is 60.7 Å². The van der Waals surface area contributed by atoms with E-state index < -0.39 is 0 Å². The summed E-state index contributed by atoms with van der Waals surface area (Å²) in [6.45, 7) is 9.02. The van der Waals surface area contributed by atoms with Gasteiger partial charge in [-0.05, 0) is 79.0 Å². The summed E-state index contributed by atoms with van der Waals surface area (Å²) in [4.78, 5) is 0. The molecule has 164 valence electrons. The molecule has 0 spiro atoms. The largest absolute Gasteiger partial charge is 0.508 e. The first kappa shape index (κ1) is 21.9. The summed E-state index contributed by atoms with van der Waals surface area (Å²) >= 11 is 0. The molecule has 31 heavy (non-hydrogen) atoms. The van der Waals surface area contributed by atoms with E-state index in [0.717, 1.165) is 42.4 Å². The number of benzene rings is 2. The molecule has 2 nitrogen and oxygen atoms in total. The summed E-state index contributed by atoms with van der Waals surface area (Å²) in [7, 11) is 0. The fourth-order valence-corrected chi connectivity index (χ4v) is 6.12. The van der Waals surface area contributed by atoms with Crippen molar-refractivity contribution in [3.05, 3.63) is 77.4 Å². The van der Waals surface area contributed by atoms with Gasteiger partial charge in [-0.2, -0.15) is 0 Å². The van der Waals surface area contributed by atoms with Crippen molar-refractivity contribution >= 4 is 11.1 Å². The number of fused-ring (bicyclic) bond motifs is 1. The third kappa shape index (κ3) is 3.87. The van der Waals surface area contributed by atoms with E-state index in [4.69, 9.17) is 0 Å². The van der Waals surface area contributed by atoms with E-state index in [0.29, 0.717) is 5.75 Å². The van der Waals surface area contributed by atoms with Crippen LogP contribution in [0.2, 0.25) is 0 Å². The molecule has 3 atom stereocenters. The lowest BCUT2D eigenvalue weighted by atomic mass is 9.66. The molecule has 4 rings (SSSR count). The van der Waals surface area contributed by atoms with Gasteiger partial charge in [-0.25, -0.2) is 0 Å². The number of phenols is 1. The molecule has 1 fully saturated rings. The highest BCUT2D eigenvalue weighted by Crippen LogP contribution is 2.66. The van der Waals surface area contributed by atoms with Crippen LogP contribution >= 0.6 is 0 Å².